The number of benzene rings is 3. The van der Waals surface area contributed by atoms with Crippen LogP contribution in [0.4, 0.5) is 8.78 Å². The van der Waals surface area contributed by atoms with E-state index in [1.165, 1.54) is 12.1 Å². The van der Waals surface area contributed by atoms with E-state index in [1.54, 1.807) is 48.7 Å². The number of ether oxygens (including phenoxy) is 2. The van der Waals surface area contributed by atoms with Gasteiger partial charge in [-0.25, -0.2) is 23.5 Å². The van der Waals surface area contributed by atoms with Crippen LogP contribution in [-0.4, -0.2) is 38.3 Å². The Balaban J connectivity index is 1.15. The molecule has 0 bridgehead atoms. The molecule has 0 radical (unpaired) electrons. The monoisotopic (exact) mass is 615 g/mol. The molecular weight excluding hydrogens is 592 g/mol. The summed E-state index contributed by atoms with van der Waals surface area (Å²) in [5.41, 5.74) is 2.94. The second-order valence-electron chi connectivity index (χ2n) is 10.5. The van der Waals surface area contributed by atoms with Crippen LogP contribution in [0.15, 0.2) is 77.4 Å². The van der Waals surface area contributed by atoms with Gasteiger partial charge < -0.3 is 23.6 Å². The number of carboxylic acids is 1. The van der Waals surface area contributed by atoms with E-state index >= 15 is 8.78 Å². The Kier molecular flexibility index (Phi) is 7.23. The fourth-order valence-electron chi connectivity index (χ4n) is 5.36. The molecule has 1 aliphatic rings. The first-order valence-corrected chi connectivity index (χ1v) is 14.3. The summed E-state index contributed by atoms with van der Waals surface area (Å²) in [6, 6.07) is 17.1. The number of furan rings is 1. The third-order valence-electron chi connectivity index (χ3n) is 7.76. The Hall–Kier alpha value is -4.80. The molecule has 3 aromatic heterocycles. The number of carboxylic acid groups (broad SMARTS) is 1. The number of pyridine rings is 1. The lowest BCUT2D eigenvalue weighted by Crippen LogP contribution is -2.31. The largest absolute Gasteiger partial charge is 0.478 e. The van der Waals surface area contributed by atoms with E-state index in [0.717, 1.165) is 29.5 Å². The van der Waals surface area contributed by atoms with Crippen LogP contribution >= 0.6 is 11.6 Å². The molecule has 1 fully saturated rings. The van der Waals surface area contributed by atoms with Crippen molar-refractivity contribution < 1.29 is 32.6 Å². The van der Waals surface area contributed by atoms with Crippen molar-refractivity contribution in [3.63, 3.8) is 0 Å². The number of hydrogen-bond donors (Lipinski definition) is 1. The number of carbonyl (C=O) groups is 1. The summed E-state index contributed by atoms with van der Waals surface area (Å²) in [6.45, 7) is 1.20. The van der Waals surface area contributed by atoms with E-state index in [2.05, 4.69) is 9.97 Å². The fourth-order valence-corrected chi connectivity index (χ4v) is 5.57. The topological polar surface area (TPSA) is 99.6 Å². The highest BCUT2D eigenvalue weighted by Crippen LogP contribution is 2.31. The van der Waals surface area contributed by atoms with Gasteiger partial charge in [0.15, 0.2) is 0 Å². The van der Waals surface area contributed by atoms with Crippen LogP contribution in [0.25, 0.3) is 33.3 Å². The predicted octanol–water partition coefficient (Wildman–Crippen LogP) is 7.43. The highest BCUT2D eigenvalue weighted by Gasteiger charge is 2.24. The van der Waals surface area contributed by atoms with Crippen molar-refractivity contribution in [2.45, 2.75) is 32.1 Å². The highest BCUT2D eigenvalue weighted by molar-refractivity contribution is 6.35. The first-order valence-electron chi connectivity index (χ1n) is 13.9. The number of fused-ring (bicyclic) bond motifs is 2. The Morgan fingerprint density at radius 2 is 1.91 bits per heavy atom. The van der Waals surface area contributed by atoms with Crippen LogP contribution in [0.1, 0.15) is 33.7 Å². The second kappa shape index (κ2) is 11.4. The maximum absolute atomic E-state index is 15.5. The standard InChI is InChI=1S/C33H24ClF2N3O5/c34-24-6-4-19(32-22(24)9-11-43-32)17-44-31-3-1-2-27(38-31)23-15-25(35)20(12-26(23)36)14-30-37-28-7-5-18(33(40)41)13-29(28)39(30)16-21-8-10-42-21/h1-7,9,11-13,15,21H,8,10,14,16-17H2,(H,40,41)/t21-/m0/s1. The third kappa shape index (κ3) is 5.27. The van der Waals surface area contributed by atoms with Crippen LogP contribution in [-0.2, 0) is 24.3 Å². The number of rotatable bonds is 9. The van der Waals surface area contributed by atoms with Crippen molar-refractivity contribution in [2.24, 2.45) is 0 Å². The molecule has 3 aromatic carbocycles. The summed E-state index contributed by atoms with van der Waals surface area (Å²) in [5, 5.41) is 10.8. The third-order valence-corrected chi connectivity index (χ3v) is 8.09. The van der Waals surface area contributed by atoms with Crippen LogP contribution in [0.2, 0.25) is 5.02 Å². The minimum absolute atomic E-state index is 0.00818. The van der Waals surface area contributed by atoms with Crippen molar-refractivity contribution in [3.05, 3.63) is 112 Å². The smallest absolute Gasteiger partial charge is 0.335 e. The molecule has 1 N–H and O–H groups in total. The molecule has 8 nitrogen and oxygen atoms in total. The van der Waals surface area contributed by atoms with E-state index < -0.39 is 17.6 Å². The molecule has 1 aliphatic heterocycles. The molecule has 6 aromatic rings. The number of aromatic nitrogens is 3. The molecule has 0 aliphatic carbocycles. The normalized spacial score (nSPS) is 14.7. The quantitative estimate of drug-likeness (QED) is 0.180. The van der Waals surface area contributed by atoms with Gasteiger partial charge in [0.25, 0.3) is 0 Å². The van der Waals surface area contributed by atoms with Gasteiger partial charge in [0.2, 0.25) is 5.88 Å². The summed E-state index contributed by atoms with van der Waals surface area (Å²) in [7, 11) is 0. The van der Waals surface area contributed by atoms with Gasteiger partial charge >= 0.3 is 5.97 Å². The van der Waals surface area contributed by atoms with Gasteiger partial charge in [-0.2, -0.15) is 0 Å². The summed E-state index contributed by atoms with van der Waals surface area (Å²) < 4.78 is 49.9. The van der Waals surface area contributed by atoms with Crippen molar-refractivity contribution >= 4 is 39.6 Å². The first-order chi connectivity index (χ1) is 21.3. The van der Waals surface area contributed by atoms with Crippen molar-refractivity contribution in [3.8, 4) is 17.1 Å². The Bertz CT molecular complexity index is 2050. The fraction of sp³-hybridized carbons (Fsp3) is 0.182. The van der Waals surface area contributed by atoms with Gasteiger partial charge in [-0.1, -0.05) is 23.7 Å². The number of aromatic carboxylic acids is 1. The van der Waals surface area contributed by atoms with Gasteiger partial charge in [0, 0.05) is 35.6 Å². The lowest BCUT2D eigenvalue weighted by atomic mass is 10.0. The molecule has 0 spiro atoms. The Labute approximate surface area is 254 Å². The number of imidazole rings is 1. The zero-order valence-electron chi connectivity index (χ0n) is 23.1. The van der Waals surface area contributed by atoms with E-state index in [0.29, 0.717) is 40.6 Å². The van der Waals surface area contributed by atoms with Gasteiger partial charge in [0.05, 0.1) is 46.2 Å². The van der Waals surface area contributed by atoms with Crippen LogP contribution in [0.5, 0.6) is 5.88 Å². The van der Waals surface area contributed by atoms with Gasteiger partial charge in [0.1, 0.15) is 29.6 Å². The maximum atomic E-state index is 15.5. The highest BCUT2D eigenvalue weighted by atomic mass is 35.5. The second-order valence-corrected chi connectivity index (χ2v) is 11.0. The molecule has 1 saturated heterocycles. The summed E-state index contributed by atoms with van der Waals surface area (Å²) >= 11 is 6.22. The van der Waals surface area contributed by atoms with E-state index in [1.807, 2.05) is 4.57 Å². The summed E-state index contributed by atoms with van der Waals surface area (Å²) in [6.07, 6.45) is 2.33. The molecule has 44 heavy (non-hydrogen) atoms. The minimum Gasteiger partial charge on any atom is -0.478 e. The van der Waals surface area contributed by atoms with E-state index in [4.69, 9.17) is 25.5 Å². The Morgan fingerprint density at radius 3 is 2.70 bits per heavy atom. The molecule has 222 valence electrons. The van der Waals surface area contributed by atoms with Gasteiger partial charge in [-0.05, 0) is 60.5 Å². The molecule has 0 amide bonds. The zero-order valence-corrected chi connectivity index (χ0v) is 23.9. The average Bonchev–Trinajstić information content (AvgIpc) is 3.62. The van der Waals surface area contributed by atoms with Gasteiger partial charge in [-0.15, -0.1) is 0 Å². The average molecular weight is 616 g/mol. The lowest BCUT2D eigenvalue weighted by Gasteiger charge is -2.27. The summed E-state index contributed by atoms with van der Waals surface area (Å²) in [5.74, 6) is -1.63. The van der Waals surface area contributed by atoms with E-state index in [-0.39, 0.29) is 47.4 Å². The molecular formula is C33H24ClF2N3O5. The summed E-state index contributed by atoms with van der Waals surface area (Å²) in [4.78, 5) is 20.6. The zero-order chi connectivity index (χ0) is 30.4. The molecule has 0 unspecified atom stereocenters. The first kappa shape index (κ1) is 28.0. The molecule has 0 saturated carbocycles. The van der Waals surface area contributed by atoms with E-state index in [9.17, 15) is 9.90 Å². The van der Waals surface area contributed by atoms with Crippen molar-refractivity contribution in [1.29, 1.82) is 0 Å². The minimum atomic E-state index is -1.06. The SMILES string of the molecule is O=C(O)c1ccc2nc(Cc3cc(F)c(-c4cccc(OCc5ccc(Cl)c6ccoc56)n4)cc3F)n(C[C@@H]3CCO3)c2c1. The molecule has 4 heterocycles. The van der Waals surface area contributed by atoms with Crippen LogP contribution in [0, 0.1) is 11.6 Å². The number of hydrogen-bond acceptors (Lipinski definition) is 6. The predicted molar refractivity (Wildman–Crippen MR) is 159 cm³/mol. The number of halogens is 3. The number of nitrogens with zero attached hydrogens (tertiary/aromatic N) is 3. The molecule has 7 rings (SSSR count). The van der Waals surface area contributed by atoms with Crippen molar-refractivity contribution in [2.75, 3.05) is 6.61 Å². The lowest BCUT2D eigenvalue weighted by molar-refractivity contribution is -0.0589. The Morgan fingerprint density at radius 1 is 1.05 bits per heavy atom. The maximum Gasteiger partial charge on any atom is 0.335 e. The van der Waals surface area contributed by atoms with Crippen LogP contribution < -0.4 is 4.74 Å². The van der Waals surface area contributed by atoms with Crippen molar-refractivity contribution in [1.82, 2.24) is 14.5 Å². The molecule has 11 heteroatoms. The van der Waals surface area contributed by atoms with Gasteiger partial charge in [-0.3, -0.25) is 0 Å². The van der Waals surface area contributed by atoms with Crippen LogP contribution in [0.3, 0.4) is 0 Å². The molecule has 1 atom stereocenters.